The molecular weight excluding hydrogens is 354 g/mol. The summed E-state index contributed by atoms with van der Waals surface area (Å²) in [5.41, 5.74) is 0.768. The molecule has 26 heavy (non-hydrogen) atoms. The molecular formula is C17H19N5O3S. The predicted molar refractivity (Wildman–Crippen MR) is 97.8 cm³/mol. The van der Waals surface area contributed by atoms with Gasteiger partial charge in [-0.05, 0) is 30.3 Å². The van der Waals surface area contributed by atoms with Crippen molar-refractivity contribution in [3.05, 3.63) is 60.6 Å². The summed E-state index contributed by atoms with van der Waals surface area (Å²) in [7, 11) is 1.08. The zero-order chi connectivity index (χ0) is 18.9. The molecule has 2 aromatic heterocycles. The third kappa shape index (κ3) is 3.26. The van der Waals surface area contributed by atoms with Gasteiger partial charge in [-0.15, -0.1) is 0 Å². The van der Waals surface area contributed by atoms with Crippen molar-refractivity contribution in [2.75, 3.05) is 19.4 Å². The van der Waals surface area contributed by atoms with Gasteiger partial charge in [-0.25, -0.2) is 12.7 Å². The van der Waals surface area contributed by atoms with Crippen LogP contribution in [0.1, 0.15) is 10.4 Å². The molecule has 0 radical (unpaired) electrons. The number of nitrogens with one attached hydrogen (secondary N) is 1. The first-order valence-electron chi connectivity index (χ1n) is 7.80. The molecule has 0 atom stereocenters. The number of aryl methyl sites for hydroxylation is 1. The number of rotatable bonds is 5. The van der Waals surface area contributed by atoms with Gasteiger partial charge in [-0.2, -0.15) is 5.10 Å². The Balaban J connectivity index is 1.91. The lowest BCUT2D eigenvalue weighted by Crippen LogP contribution is -2.22. The maximum absolute atomic E-state index is 12.7. The molecule has 2 heterocycles. The van der Waals surface area contributed by atoms with Crippen LogP contribution in [0.25, 0.3) is 5.82 Å². The third-order valence-corrected chi connectivity index (χ3v) is 5.68. The van der Waals surface area contributed by atoms with Crippen molar-refractivity contribution in [2.24, 2.45) is 7.05 Å². The minimum atomic E-state index is -3.58. The summed E-state index contributed by atoms with van der Waals surface area (Å²) in [6.07, 6.45) is 5.11. The van der Waals surface area contributed by atoms with Gasteiger partial charge in [0, 0.05) is 39.2 Å². The maximum atomic E-state index is 12.7. The van der Waals surface area contributed by atoms with Gasteiger partial charge in [0.2, 0.25) is 10.0 Å². The molecule has 0 saturated heterocycles. The quantitative estimate of drug-likeness (QED) is 0.737. The zero-order valence-corrected chi connectivity index (χ0v) is 15.4. The standard InChI is InChI=1S/C17H19N5O3S/c1-20(2)26(24,25)14-8-6-7-13(11-14)19-16(23)15-12-18-21(3)17(15)22-9-4-5-10-22/h4-12H,1-3H3,(H,19,23). The van der Waals surface area contributed by atoms with Gasteiger partial charge in [0.15, 0.2) is 0 Å². The van der Waals surface area contributed by atoms with Crippen LogP contribution in [-0.2, 0) is 17.1 Å². The predicted octanol–water partition coefficient (Wildman–Crippen LogP) is 1.71. The van der Waals surface area contributed by atoms with Gasteiger partial charge in [-0.1, -0.05) is 6.07 Å². The fourth-order valence-corrected chi connectivity index (χ4v) is 3.46. The molecule has 1 aromatic carbocycles. The first kappa shape index (κ1) is 17.9. The molecule has 0 aliphatic carbocycles. The van der Waals surface area contributed by atoms with Crippen molar-refractivity contribution in [1.29, 1.82) is 0 Å². The molecule has 0 spiro atoms. The highest BCUT2D eigenvalue weighted by Crippen LogP contribution is 2.20. The molecule has 0 unspecified atom stereocenters. The van der Waals surface area contributed by atoms with Crippen LogP contribution in [0.15, 0.2) is 59.9 Å². The Morgan fingerprint density at radius 1 is 1.15 bits per heavy atom. The van der Waals surface area contributed by atoms with Crippen LogP contribution < -0.4 is 5.32 Å². The van der Waals surface area contributed by atoms with E-state index in [1.807, 2.05) is 24.5 Å². The van der Waals surface area contributed by atoms with Gasteiger partial charge in [0.1, 0.15) is 11.4 Å². The van der Waals surface area contributed by atoms with E-state index in [1.54, 1.807) is 28.4 Å². The summed E-state index contributed by atoms with van der Waals surface area (Å²) in [4.78, 5) is 12.8. The number of carbonyl (C=O) groups excluding carboxylic acids is 1. The van der Waals surface area contributed by atoms with E-state index in [9.17, 15) is 13.2 Å². The summed E-state index contributed by atoms with van der Waals surface area (Å²) in [5, 5.41) is 6.88. The first-order valence-corrected chi connectivity index (χ1v) is 9.24. The molecule has 136 valence electrons. The van der Waals surface area contributed by atoms with E-state index in [-0.39, 0.29) is 10.8 Å². The van der Waals surface area contributed by atoms with Crippen LogP contribution in [0.3, 0.4) is 0 Å². The highest BCUT2D eigenvalue weighted by atomic mass is 32.2. The van der Waals surface area contributed by atoms with Crippen LogP contribution in [0.4, 0.5) is 5.69 Å². The molecule has 8 nitrogen and oxygen atoms in total. The van der Waals surface area contributed by atoms with Crippen molar-refractivity contribution in [3.8, 4) is 5.82 Å². The smallest absolute Gasteiger partial charge is 0.261 e. The van der Waals surface area contributed by atoms with E-state index >= 15 is 0 Å². The molecule has 3 rings (SSSR count). The number of anilines is 1. The van der Waals surface area contributed by atoms with Crippen molar-refractivity contribution < 1.29 is 13.2 Å². The number of hydrogen-bond acceptors (Lipinski definition) is 4. The normalized spacial score (nSPS) is 11.7. The minimum absolute atomic E-state index is 0.108. The molecule has 0 fully saturated rings. The first-order chi connectivity index (χ1) is 12.3. The van der Waals surface area contributed by atoms with Crippen molar-refractivity contribution >= 4 is 21.6 Å². The second-order valence-electron chi connectivity index (χ2n) is 5.87. The Hall–Kier alpha value is -2.91. The van der Waals surface area contributed by atoms with Gasteiger partial charge < -0.3 is 9.88 Å². The molecule has 0 aliphatic rings. The second-order valence-corrected chi connectivity index (χ2v) is 8.02. The van der Waals surface area contributed by atoms with E-state index in [4.69, 9.17) is 0 Å². The molecule has 0 saturated carbocycles. The largest absolute Gasteiger partial charge is 0.322 e. The Morgan fingerprint density at radius 2 is 1.85 bits per heavy atom. The van der Waals surface area contributed by atoms with E-state index in [0.29, 0.717) is 17.1 Å². The lowest BCUT2D eigenvalue weighted by molar-refractivity contribution is 0.102. The number of benzene rings is 1. The topological polar surface area (TPSA) is 89.2 Å². The van der Waals surface area contributed by atoms with Gasteiger partial charge in [-0.3, -0.25) is 9.48 Å². The van der Waals surface area contributed by atoms with E-state index in [0.717, 1.165) is 4.31 Å². The van der Waals surface area contributed by atoms with Gasteiger partial charge in [0.25, 0.3) is 5.91 Å². The molecule has 0 bridgehead atoms. The van der Waals surface area contributed by atoms with Crippen LogP contribution in [0, 0.1) is 0 Å². The summed E-state index contributed by atoms with van der Waals surface area (Å²) < 4.78 is 29.0. The van der Waals surface area contributed by atoms with Crippen LogP contribution in [0.5, 0.6) is 0 Å². The summed E-state index contributed by atoms with van der Waals surface area (Å²) >= 11 is 0. The summed E-state index contributed by atoms with van der Waals surface area (Å²) in [6.45, 7) is 0. The Bertz CT molecular complexity index is 1040. The van der Waals surface area contributed by atoms with Crippen LogP contribution >= 0.6 is 0 Å². The third-order valence-electron chi connectivity index (χ3n) is 3.87. The summed E-state index contributed by atoms with van der Waals surface area (Å²) in [6, 6.07) is 9.84. The fourth-order valence-electron chi connectivity index (χ4n) is 2.52. The fraction of sp³-hybridized carbons (Fsp3) is 0.176. The monoisotopic (exact) mass is 373 g/mol. The number of carbonyl (C=O) groups is 1. The summed E-state index contributed by atoms with van der Waals surface area (Å²) in [5.74, 6) is 0.241. The Morgan fingerprint density at radius 3 is 2.50 bits per heavy atom. The van der Waals surface area contributed by atoms with Crippen molar-refractivity contribution in [3.63, 3.8) is 0 Å². The lowest BCUT2D eigenvalue weighted by atomic mass is 10.2. The molecule has 1 amide bonds. The number of aromatic nitrogens is 3. The van der Waals surface area contributed by atoms with Crippen molar-refractivity contribution in [2.45, 2.75) is 4.90 Å². The Labute approximate surface area is 151 Å². The average molecular weight is 373 g/mol. The number of hydrogen-bond donors (Lipinski definition) is 1. The molecule has 0 aliphatic heterocycles. The van der Waals surface area contributed by atoms with Crippen LogP contribution in [0.2, 0.25) is 0 Å². The maximum Gasteiger partial charge on any atom is 0.261 e. The minimum Gasteiger partial charge on any atom is -0.322 e. The lowest BCUT2D eigenvalue weighted by Gasteiger charge is -2.13. The average Bonchev–Trinajstić information content (AvgIpc) is 3.24. The molecule has 1 N–H and O–H groups in total. The van der Waals surface area contributed by atoms with Gasteiger partial charge in [0.05, 0.1) is 11.1 Å². The molecule has 3 aromatic rings. The van der Waals surface area contributed by atoms with Crippen LogP contribution in [-0.4, -0.2) is 47.1 Å². The van der Waals surface area contributed by atoms with E-state index < -0.39 is 10.0 Å². The van der Waals surface area contributed by atoms with E-state index in [2.05, 4.69) is 10.4 Å². The highest BCUT2D eigenvalue weighted by molar-refractivity contribution is 7.89. The molecule has 9 heteroatoms. The van der Waals surface area contributed by atoms with E-state index in [1.165, 1.54) is 32.4 Å². The number of amides is 1. The number of sulfonamides is 1. The highest BCUT2D eigenvalue weighted by Gasteiger charge is 2.20. The number of nitrogens with zero attached hydrogens (tertiary/aromatic N) is 4. The zero-order valence-electron chi connectivity index (χ0n) is 14.6. The second kappa shape index (κ2) is 6.77. The van der Waals surface area contributed by atoms with Crippen molar-refractivity contribution in [1.82, 2.24) is 18.7 Å². The SMILES string of the molecule is CN(C)S(=O)(=O)c1cccc(NC(=O)c2cnn(C)c2-n2cccc2)c1. The Kier molecular flexibility index (Phi) is 4.66. The van der Waals surface area contributed by atoms with Gasteiger partial charge >= 0.3 is 0 Å².